The molecule has 0 saturated carbocycles. The zero-order valence-corrected chi connectivity index (χ0v) is 21.7. The highest BCUT2D eigenvalue weighted by Gasteiger charge is 2.39. The number of amides is 1. The topological polar surface area (TPSA) is 92.4 Å². The van der Waals surface area contributed by atoms with Gasteiger partial charge in [0.15, 0.2) is 0 Å². The molecule has 0 spiro atoms. The van der Waals surface area contributed by atoms with E-state index in [9.17, 15) is 9.59 Å². The molecule has 1 amide bonds. The number of carbonyl (C=O) groups is 2. The fourth-order valence-electron chi connectivity index (χ4n) is 3.48. The fraction of sp³-hybridized carbons (Fsp3) is 0.269. The predicted molar refractivity (Wildman–Crippen MR) is 140 cm³/mol. The van der Waals surface area contributed by atoms with Gasteiger partial charge in [0.25, 0.3) is 5.91 Å². The van der Waals surface area contributed by atoms with Gasteiger partial charge in [0.05, 0.1) is 22.7 Å². The molecule has 2 aromatic carbocycles. The molecule has 0 fully saturated rings. The normalized spacial score (nSPS) is 13.1. The van der Waals surface area contributed by atoms with Crippen LogP contribution in [0.4, 0.5) is 33.0 Å². The number of nitrogens with one attached hydrogen (secondary N) is 3. The van der Waals surface area contributed by atoms with Crippen LogP contribution in [-0.2, 0) is 0 Å². The molecule has 7 nitrogen and oxygen atoms in total. The lowest BCUT2D eigenvalue weighted by atomic mass is 10.1. The summed E-state index contributed by atoms with van der Waals surface area (Å²) in [5.41, 5.74) is 2.98. The molecule has 3 aromatic rings. The first-order valence-electron chi connectivity index (χ1n) is 11.3. The SMILES string of the molecule is Cc1cc(F)c(Nc2ccnc3c2C(=O)Nc2cc(C=O)ccc2N3)cc1O[Si](C)(C)C(C)(C)C. The van der Waals surface area contributed by atoms with E-state index in [-0.39, 0.29) is 16.3 Å². The van der Waals surface area contributed by atoms with E-state index in [1.807, 2.05) is 6.92 Å². The number of anilines is 5. The van der Waals surface area contributed by atoms with Crippen molar-refractivity contribution in [3.05, 3.63) is 65.1 Å². The molecule has 1 aliphatic heterocycles. The van der Waals surface area contributed by atoms with Crippen LogP contribution in [-0.4, -0.2) is 25.5 Å². The number of carbonyl (C=O) groups excluding carboxylic acids is 2. The second-order valence-corrected chi connectivity index (χ2v) is 14.9. The number of pyridine rings is 1. The Kier molecular flexibility index (Phi) is 6.14. The Morgan fingerprint density at radius 2 is 1.80 bits per heavy atom. The summed E-state index contributed by atoms with van der Waals surface area (Å²) in [6, 6.07) is 9.60. The van der Waals surface area contributed by atoms with Gasteiger partial charge in [0, 0.05) is 17.8 Å². The second kappa shape index (κ2) is 8.81. The highest BCUT2D eigenvalue weighted by molar-refractivity contribution is 6.74. The van der Waals surface area contributed by atoms with E-state index >= 15 is 4.39 Å². The number of aldehydes is 1. The van der Waals surface area contributed by atoms with Crippen LogP contribution < -0.4 is 20.4 Å². The van der Waals surface area contributed by atoms with Crippen molar-refractivity contribution in [3.63, 3.8) is 0 Å². The minimum absolute atomic E-state index is 0.0215. The summed E-state index contributed by atoms with van der Waals surface area (Å²) in [6.07, 6.45) is 2.24. The van der Waals surface area contributed by atoms with Crippen LogP contribution in [0.2, 0.25) is 18.1 Å². The highest BCUT2D eigenvalue weighted by atomic mass is 28.4. The van der Waals surface area contributed by atoms with Crippen molar-refractivity contribution in [3.8, 4) is 5.75 Å². The maximum absolute atomic E-state index is 15.0. The third kappa shape index (κ3) is 4.77. The standard InChI is InChI=1S/C26H29FN4O3Si/c1-15-11-17(27)20(13-22(15)34-35(5,6)26(2,3)4)29-19-9-10-28-24-23(19)25(33)31-21-12-16(14-32)7-8-18(21)30-24/h7-14H,1-6H3,(H,31,33)(H2,28,29,30). The van der Waals surface area contributed by atoms with E-state index in [2.05, 4.69) is 54.8 Å². The summed E-state index contributed by atoms with van der Waals surface area (Å²) in [5.74, 6) is 0.0269. The van der Waals surface area contributed by atoms with Gasteiger partial charge in [0.1, 0.15) is 29.2 Å². The minimum Gasteiger partial charge on any atom is -0.543 e. The Morgan fingerprint density at radius 3 is 2.49 bits per heavy atom. The first-order valence-corrected chi connectivity index (χ1v) is 14.2. The number of hydrogen-bond acceptors (Lipinski definition) is 6. The average molecular weight is 493 g/mol. The number of aryl methyl sites for hydroxylation is 1. The van der Waals surface area contributed by atoms with Gasteiger partial charge < -0.3 is 20.4 Å². The predicted octanol–water partition coefficient (Wildman–Crippen LogP) is 6.78. The quantitative estimate of drug-likeness (QED) is 0.269. The van der Waals surface area contributed by atoms with E-state index in [4.69, 9.17) is 4.43 Å². The molecule has 3 N–H and O–H groups in total. The zero-order chi connectivity index (χ0) is 25.5. The van der Waals surface area contributed by atoms with Gasteiger partial charge in [-0.05, 0) is 61.0 Å². The van der Waals surface area contributed by atoms with Crippen molar-refractivity contribution in [2.45, 2.75) is 45.8 Å². The fourth-order valence-corrected chi connectivity index (χ4v) is 4.56. The average Bonchev–Trinajstić information content (AvgIpc) is 2.91. The van der Waals surface area contributed by atoms with Crippen LogP contribution in [0.25, 0.3) is 0 Å². The number of benzene rings is 2. The van der Waals surface area contributed by atoms with Gasteiger partial charge in [-0.1, -0.05) is 20.8 Å². The maximum Gasteiger partial charge on any atom is 0.261 e. The van der Waals surface area contributed by atoms with Crippen molar-refractivity contribution >= 4 is 49.1 Å². The third-order valence-corrected chi connectivity index (χ3v) is 10.9. The summed E-state index contributed by atoms with van der Waals surface area (Å²) in [6.45, 7) is 12.5. The lowest BCUT2D eigenvalue weighted by Gasteiger charge is -2.37. The van der Waals surface area contributed by atoms with Crippen molar-refractivity contribution in [2.75, 3.05) is 16.0 Å². The van der Waals surface area contributed by atoms with Crippen molar-refractivity contribution in [1.82, 2.24) is 4.98 Å². The number of nitrogens with zero attached hydrogens (tertiary/aromatic N) is 1. The molecule has 2 heterocycles. The van der Waals surface area contributed by atoms with Crippen LogP contribution in [0, 0.1) is 12.7 Å². The Labute approximate surface area is 205 Å². The summed E-state index contributed by atoms with van der Waals surface area (Å²) >= 11 is 0. The van der Waals surface area contributed by atoms with Gasteiger partial charge in [-0.2, -0.15) is 0 Å². The molecule has 0 saturated heterocycles. The number of aromatic nitrogens is 1. The molecular formula is C26H29FN4O3Si. The molecule has 35 heavy (non-hydrogen) atoms. The van der Waals surface area contributed by atoms with E-state index in [0.29, 0.717) is 46.0 Å². The van der Waals surface area contributed by atoms with Gasteiger partial charge in [-0.3, -0.25) is 9.59 Å². The summed E-state index contributed by atoms with van der Waals surface area (Å²) in [5, 5.41) is 8.98. The van der Waals surface area contributed by atoms with Crippen molar-refractivity contribution < 1.29 is 18.4 Å². The van der Waals surface area contributed by atoms with E-state index < -0.39 is 20.0 Å². The molecule has 0 aliphatic carbocycles. The van der Waals surface area contributed by atoms with Crippen LogP contribution in [0.15, 0.2) is 42.6 Å². The molecule has 4 rings (SSSR count). The number of fused-ring (bicyclic) bond motifs is 2. The summed E-state index contributed by atoms with van der Waals surface area (Å²) in [4.78, 5) is 28.6. The van der Waals surface area contributed by atoms with E-state index in [1.165, 1.54) is 12.3 Å². The highest BCUT2D eigenvalue weighted by Crippen LogP contribution is 2.40. The van der Waals surface area contributed by atoms with Gasteiger partial charge in [0.2, 0.25) is 8.32 Å². The van der Waals surface area contributed by atoms with Crippen molar-refractivity contribution in [2.24, 2.45) is 0 Å². The monoisotopic (exact) mass is 492 g/mol. The van der Waals surface area contributed by atoms with Crippen LogP contribution in [0.1, 0.15) is 47.1 Å². The van der Waals surface area contributed by atoms with E-state index in [1.54, 1.807) is 30.3 Å². The molecular weight excluding hydrogens is 463 g/mol. The summed E-state index contributed by atoms with van der Waals surface area (Å²) in [7, 11) is -2.15. The van der Waals surface area contributed by atoms with Gasteiger partial charge in [-0.15, -0.1) is 0 Å². The lowest BCUT2D eigenvalue weighted by molar-refractivity contribution is 0.102. The van der Waals surface area contributed by atoms with Crippen molar-refractivity contribution in [1.29, 1.82) is 0 Å². The Morgan fingerprint density at radius 1 is 1.06 bits per heavy atom. The van der Waals surface area contributed by atoms with Crippen LogP contribution in [0.5, 0.6) is 5.75 Å². The molecule has 0 atom stereocenters. The second-order valence-electron chi connectivity index (χ2n) is 10.2. The first-order chi connectivity index (χ1) is 16.4. The third-order valence-electron chi connectivity index (χ3n) is 6.56. The molecule has 182 valence electrons. The molecule has 1 aromatic heterocycles. The first kappa shape index (κ1) is 24.4. The zero-order valence-electron chi connectivity index (χ0n) is 20.7. The van der Waals surface area contributed by atoms with Gasteiger partial charge in [-0.25, -0.2) is 9.37 Å². The summed E-state index contributed by atoms with van der Waals surface area (Å²) < 4.78 is 21.5. The number of halogens is 1. The maximum atomic E-state index is 15.0. The Bertz CT molecular complexity index is 1330. The Balaban J connectivity index is 1.71. The molecule has 0 unspecified atom stereocenters. The molecule has 9 heteroatoms. The lowest BCUT2D eigenvalue weighted by Crippen LogP contribution is -2.44. The number of rotatable bonds is 5. The van der Waals surface area contributed by atoms with Crippen LogP contribution >= 0.6 is 0 Å². The van der Waals surface area contributed by atoms with Crippen LogP contribution in [0.3, 0.4) is 0 Å². The molecule has 0 bridgehead atoms. The Hall–Kier alpha value is -3.72. The number of hydrogen-bond donors (Lipinski definition) is 3. The van der Waals surface area contributed by atoms with Gasteiger partial charge >= 0.3 is 0 Å². The minimum atomic E-state index is -2.15. The largest absolute Gasteiger partial charge is 0.543 e. The smallest absolute Gasteiger partial charge is 0.261 e. The molecule has 0 radical (unpaired) electrons. The molecule has 1 aliphatic rings. The van der Waals surface area contributed by atoms with E-state index in [0.717, 1.165) is 0 Å².